The summed E-state index contributed by atoms with van der Waals surface area (Å²) in [5.41, 5.74) is 0. The molecule has 1 radical (unpaired) electrons. The number of sulfone groups is 1. The highest BCUT2D eigenvalue weighted by atomic mass is 35.5. The number of nitrogens with zero attached hydrogens (tertiary/aromatic N) is 1. The van der Waals surface area contributed by atoms with E-state index >= 15 is 0 Å². The summed E-state index contributed by atoms with van der Waals surface area (Å²) in [6, 6.07) is 0. The maximum absolute atomic E-state index is 11.2. The monoisotopic (exact) mass is 274 g/mol. The topological polar surface area (TPSA) is 48.2 Å². The summed E-state index contributed by atoms with van der Waals surface area (Å²) in [6.07, 6.45) is 2.39. The molecule has 0 amide bonds. The SMILES string of the molecule is O=S(=O)(CCCl)CCCC[N]CCCCl. The third kappa shape index (κ3) is 10.8. The Kier molecular flexibility index (Phi) is 10.0. The lowest BCUT2D eigenvalue weighted by molar-refractivity contribution is 0.585. The molecule has 0 heterocycles. The third-order valence-electron chi connectivity index (χ3n) is 1.86. The minimum Gasteiger partial charge on any atom is -0.242 e. The lowest BCUT2D eigenvalue weighted by Crippen LogP contribution is -2.14. The molecule has 0 rings (SSSR count). The van der Waals surface area contributed by atoms with Gasteiger partial charge in [0.15, 0.2) is 9.84 Å². The Morgan fingerprint density at radius 3 is 2.13 bits per heavy atom. The Hall–Kier alpha value is 0.490. The molecule has 3 nitrogen and oxygen atoms in total. The Labute approximate surface area is 102 Å². The molecule has 0 atom stereocenters. The Bertz CT molecular complexity index is 232. The number of alkyl halides is 2. The van der Waals surface area contributed by atoms with Crippen LogP contribution in [-0.2, 0) is 9.84 Å². The molecular weight excluding hydrogens is 257 g/mol. The number of rotatable bonds is 10. The molecule has 0 saturated heterocycles. The molecule has 0 saturated carbocycles. The highest BCUT2D eigenvalue weighted by molar-refractivity contribution is 7.91. The number of hydrogen-bond donors (Lipinski definition) is 0. The molecule has 91 valence electrons. The van der Waals surface area contributed by atoms with Gasteiger partial charge in [-0.15, -0.1) is 23.2 Å². The fraction of sp³-hybridized carbons (Fsp3) is 1.00. The molecule has 0 aromatic rings. The molecule has 0 bridgehead atoms. The highest BCUT2D eigenvalue weighted by Crippen LogP contribution is 1.98. The Morgan fingerprint density at radius 1 is 0.867 bits per heavy atom. The van der Waals surface area contributed by atoms with Crippen LogP contribution in [-0.4, -0.2) is 44.8 Å². The van der Waals surface area contributed by atoms with Crippen molar-refractivity contribution in [3.8, 4) is 0 Å². The van der Waals surface area contributed by atoms with E-state index in [1.54, 1.807) is 0 Å². The van der Waals surface area contributed by atoms with Crippen LogP contribution in [0.1, 0.15) is 19.3 Å². The predicted octanol–water partition coefficient (Wildman–Crippen LogP) is 1.65. The van der Waals surface area contributed by atoms with Gasteiger partial charge in [0.1, 0.15) is 0 Å². The molecular formula is C9H18Cl2NO2S. The van der Waals surface area contributed by atoms with Gasteiger partial charge in [0.2, 0.25) is 0 Å². The van der Waals surface area contributed by atoms with Crippen LogP contribution in [0.15, 0.2) is 0 Å². The van der Waals surface area contributed by atoms with Gasteiger partial charge in [-0.3, -0.25) is 0 Å². The van der Waals surface area contributed by atoms with Crippen LogP contribution < -0.4 is 5.32 Å². The molecule has 0 unspecified atom stereocenters. The van der Waals surface area contributed by atoms with Crippen molar-refractivity contribution in [1.29, 1.82) is 0 Å². The van der Waals surface area contributed by atoms with Crippen LogP contribution in [0.5, 0.6) is 0 Å². The van der Waals surface area contributed by atoms with Crippen molar-refractivity contribution in [3.63, 3.8) is 0 Å². The van der Waals surface area contributed by atoms with E-state index in [4.69, 9.17) is 23.2 Å². The van der Waals surface area contributed by atoms with E-state index in [1.165, 1.54) is 0 Å². The maximum Gasteiger partial charge on any atom is 0.151 e. The zero-order valence-electron chi connectivity index (χ0n) is 8.79. The molecule has 0 aliphatic rings. The van der Waals surface area contributed by atoms with Gasteiger partial charge in [-0.1, -0.05) is 0 Å². The summed E-state index contributed by atoms with van der Waals surface area (Å²) in [4.78, 5) is 0. The van der Waals surface area contributed by atoms with Gasteiger partial charge in [-0.2, -0.15) is 0 Å². The van der Waals surface area contributed by atoms with E-state index in [-0.39, 0.29) is 17.4 Å². The first-order valence-corrected chi connectivity index (χ1v) is 7.97. The van der Waals surface area contributed by atoms with Gasteiger partial charge < -0.3 is 0 Å². The lowest BCUT2D eigenvalue weighted by Gasteiger charge is -2.02. The first kappa shape index (κ1) is 15.5. The van der Waals surface area contributed by atoms with Gasteiger partial charge in [0, 0.05) is 24.8 Å². The highest BCUT2D eigenvalue weighted by Gasteiger charge is 2.08. The van der Waals surface area contributed by atoms with Crippen molar-refractivity contribution in [3.05, 3.63) is 0 Å². The molecule has 0 spiro atoms. The van der Waals surface area contributed by atoms with Crippen LogP contribution in [0.3, 0.4) is 0 Å². The zero-order valence-corrected chi connectivity index (χ0v) is 11.1. The summed E-state index contributed by atoms with van der Waals surface area (Å²) in [7, 11) is -2.92. The van der Waals surface area contributed by atoms with Crippen molar-refractivity contribution in [2.75, 3.05) is 36.4 Å². The van der Waals surface area contributed by atoms with Crippen molar-refractivity contribution >= 4 is 33.0 Å². The van der Waals surface area contributed by atoms with E-state index in [9.17, 15) is 8.42 Å². The maximum atomic E-state index is 11.2. The molecule has 15 heavy (non-hydrogen) atoms. The predicted molar refractivity (Wildman–Crippen MR) is 65.8 cm³/mol. The minimum atomic E-state index is -2.92. The van der Waals surface area contributed by atoms with E-state index in [1.807, 2.05) is 0 Å². The standard InChI is InChI=1S/C9H18Cl2NO2S/c10-4-3-7-12-6-1-2-8-15(13,14)9-5-11/h1-9H2. The van der Waals surface area contributed by atoms with E-state index < -0.39 is 9.84 Å². The van der Waals surface area contributed by atoms with Crippen molar-refractivity contribution < 1.29 is 8.42 Å². The average molecular weight is 275 g/mol. The summed E-state index contributed by atoms with van der Waals surface area (Å²) in [5.74, 6) is 1.12. The average Bonchev–Trinajstić information content (AvgIpc) is 2.16. The van der Waals surface area contributed by atoms with Gasteiger partial charge in [-0.25, -0.2) is 13.7 Å². The van der Waals surface area contributed by atoms with Crippen LogP contribution in [0.25, 0.3) is 0 Å². The molecule has 0 aromatic carbocycles. The second-order valence-corrected chi connectivity index (χ2v) is 6.32. The molecule has 0 aliphatic carbocycles. The zero-order chi connectivity index (χ0) is 11.6. The van der Waals surface area contributed by atoms with Crippen molar-refractivity contribution in [2.45, 2.75) is 19.3 Å². The quantitative estimate of drug-likeness (QED) is 0.449. The van der Waals surface area contributed by atoms with Crippen LogP contribution in [0, 0.1) is 0 Å². The molecule has 6 heteroatoms. The van der Waals surface area contributed by atoms with Gasteiger partial charge in [0.25, 0.3) is 0 Å². The second-order valence-electron chi connectivity index (χ2n) is 3.26. The van der Waals surface area contributed by atoms with Crippen molar-refractivity contribution in [1.82, 2.24) is 5.32 Å². The smallest absolute Gasteiger partial charge is 0.151 e. The van der Waals surface area contributed by atoms with Gasteiger partial charge in [0.05, 0.1) is 11.5 Å². The number of unbranched alkanes of at least 4 members (excludes halogenated alkanes) is 1. The summed E-state index contributed by atoms with van der Waals surface area (Å²) >= 11 is 10.9. The Balaban J connectivity index is 3.31. The number of halogens is 2. The van der Waals surface area contributed by atoms with E-state index in [0.29, 0.717) is 12.3 Å². The fourth-order valence-electron chi connectivity index (χ4n) is 1.05. The van der Waals surface area contributed by atoms with Crippen molar-refractivity contribution in [2.24, 2.45) is 0 Å². The number of hydrogen-bond acceptors (Lipinski definition) is 2. The first-order chi connectivity index (χ1) is 7.12. The van der Waals surface area contributed by atoms with Gasteiger partial charge >= 0.3 is 0 Å². The summed E-state index contributed by atoms with van der Waals surface area (Å²) < 4.78 is 22.5. The fourth-order valence-corrected chi connectivity index (χ4v) is 2.96. The first-order valence-electron chi connectivity index (χ1n) is 5.08. The van der Waals surface area contributed by atoms with Crippen LogP contribution in [0.2, 0.25) is 0 Å². The second kappa shape index (κ2) is 9.70. The lowest BCUT2D eigenvalue weighted by atomic mass is 10.3. The summed E-state index contributed by atoms with van der Waals surface area (Å²) in [6.45, 7) is 1.51. The summed E-state index contributed by atoms with van der Waals surface area (Å²) in [5, 5.41) is 4.22. The van der Waals surface area contributed by atoms with E-state index in [2.05, 4.69) is 5.32 Å². The third-order valence-corrected chi connectivity index (χ3v) is 4.28. The molecule has 0 aliphatic heterocycles. The largest absolute Gasteiger partial charge is 0.242 e. The van der Waals surface area contributed by atoms with Crippen LogP contribution >= 0.6 is 23.2 Å². The molecule has 0 fully saturated rings. The van der Waals surface area contributed by atoms with Gasteiger partial charge in [-0.05, 0) is 19.3 Å². The molecule has 0 aromatic heterocycles. The minimum absolute atomic E-state index is 0.0813. The van der Waals surface area contributed by atoms with E-state index in [0.717, 1.165) is 25.9 Å². The Morgan fingerprint density at radius 2 is 1.53 bits per heavy atom. The van der Waals surface area contributed by atoms with Crippen LogP contribution in [0.4, 0.5) is 0 Å². The normalized spacial score (nSPS) is 11.9. The molecule has 0 N–H and O–H groups in total.